The van der Waals surface area contributed by atoms with E-state index in [-0.39, 0.29) is 18.1 Å². The molecule has 0 aliphatic heterocycles. The maximum atomic E-state index is 13.5. The number of ether oxygens (including phenoxy) is 2. The number of anilines is 2. The van der Waals surface area contributed by atoms with Crippen LogP contribution in [0.3, 0.4) is 0 Å². The van der Waals surface area contributed by atoms with E-state index in [0.717, 1.165) is 5.69 Å². The molecule has 2 N–H and O–H groups in total. The van der Waals surface area contributed by atoms with Crippen LogP contribution in [0.4, 0.5) is 15.8 Å². The molecule has 6 heteroatoms. The van der Waals surface area contributed by atoms with Crippen LogP contribution in [0.2, 0.25) is 0 Å². The van der Waals surface area contributed by atoms with Gasteiger partial charge in [-0.1, -0.05) is 18.2 Å². The lowest BCUT2D eigenvalue weighted by molar-refractivity contribution is -0.114. The highest BCUT2D eigenvalue weighted by Crippen LogP contribution is 2.17. The Labute approximate surface area is 140 Å². The molecule has 0 spiro atoms. The number of benzene rings is 2. The van der Waals surface area contributed by atoms with Crippen molar-refractivity contribution in [3.63, 3.8) is 0 Å². The van der Waals surface area contributed by atoms with E-state index >= 15 is 0 Å². The minimum Gasteiger partial charge on any atom is -0.491 e. The van der Waals surface area contributed by atoms with Crippen LogP contribution < -0.4 is 15.4 Å². The van der Waals surface area contributed by atoms with Gasteiger partial charge in [-0.3, -0.25) is 4.79 Å². The third-order valence-electron chi connectivity index (χ3n) is 3.14. The smallest absolute Gasteiger partial charge is 0.243 e. The van der Waals surface area contributed by atoms with Crippen molar-refractivity contribution in [1.82, 2.24) is 0 Å². The van der Waals surface area contributed by atoms with Gasteiger partial charge >= 0.3 is 0 Å². The molecule has 24 heavy (non-hydrogen) atoms. The monoisotopic (exact) mass is 332 g/mol. The maximum absolute atomic E-state index is 13.5. The number of halogens is 1. The van der Waals surface area contributed by atoms with Crippen LogP contribution in [0, 0.1) is 5.82 Å². The summed E-state index contributed by atoms with van der Waals surface area (Å²) in [6, 6.07) is 13.3. The Bertz CT molecular complexity index is 664. The molecular weight excluding hydrogens is 311 g/mol. The molecule has 5 nitrogen and oxygen atoms in total. The molecule has 2 rings (SSSR count). The first-order valence-corrected chi connectivity index (χ1v) is 7.78. The van der Waals surface area contributed by atoms with Crippen LogP contribution in [0.25, 0.3) is 0 Å². The number of rotatable bonds is 9. The lowest BCUT2D eigenvalue weighted by Gasteiger charge is -2.10. The molecular formula is C18H21FN2O3. The largest absolute Gasteiger partial charge is 0.491 e. The number of carbonyl (C=O) groups excluding carboxylic acids is 1. The van der Waals surface area contributed by atoms with Crippen LogP contribution in [0.5, 0.6) is 5.75 Å². The van der Waals surface area contributed by atoms with Gasteiger partial charge in [0.25, 0.3) is 0 Å². The van der Waals surface area contributed by atoms with E-state index in [1.54, 1.807) is 18.2 Å². The topological polar surface area (TPSA) is 59.6 Å². The zero-order valence-electron chi connectivity index (χ0n) is 13.5. The Morgan fingerprint density at radius 1 is 1.12 bits per heavy atom. The number of para-hydroxylation sites is 1. The van der Waals surface area contributed by atoms with Crippen molar-refractivity contribution in [1.29, 1.82) is 0 Å². The van der Waals surface area contributed by atoms with Gasteiger partial charge in [0.15, 0.2) is 0 Å². The minimum atomic E-state index is -0.462. The molecule has 0 atom stereocenters. The van der Waals surface area contributed by atoms with Crippen LogP contribution in [-0.4, -0.2) is 32.3 Å². The van der Waals surface area contributed by atoms with Crippen molar-refractivity contribution in [2.45, 2.75) is 6.92 Å². The molecule has 0 aliphatic carbocycles. The van der Waals surface area contributed by atoms with Crippen molar-refractivity contribution >= 4 is 17.3 Å². The molecule has 0 unspecified atom stereocenters. The van der Waals surface area contributed by atoms with E-state index in [9.17, 15) is 9.18 Å². The summed E-state index contributed by atoms with van der Waals surface area (Å²) in [5.74, 6) is -0.104. The lowest BCUT2D eigenvalue weighted by atomic mass is 10.3. The van der Waals surface area contributed by atoms with E-state index in [2.05, 4.69) is 10.6 Å². The fraction of sp³-hybridized carbons (Fsp3) is 0.278. The van der Waals surface area contributed by atoms with Gasteiger partial charge in [-0.25, -0.2) is 4.39 Å². The van der Waals surface area contributed by atoms with Gasteiger partial charge in [0.1, 0.15) is 18.2 Å². The number of hydrogen-bond donors (Lipinski definition) is 2. The van der Waals surface area contributed by atoms with Crippen molar-refractivity contribution in [2.24, 2.45) is 0 Å². The average Bonchev–Trinajstić information content (AvgIpc) is 2.59. The van der Waals surface area contributed by atoms with E-state index in [1.165, 1.54) is 12.1 Å². The predicted octanol–water partition coefficient (Wildman–Crippen LogP) is 3.29. The number of amides is 1. The van der Waals surface area contributed by atoms with Crippen LogP contribution in [0.1, 0.15) is 6.92 Å². The summed E-state index contributed by atoms with van der Waals surface area (Å²) in [4.78, 5) is 11.9. The highest BCUT2D eigenvalue weighted by Gasteiger charge is 2.06. The standard InChI is InChI=1S/C18H21FN2O3/c1-2-23-10-11-24-15-7-5-6-14(12-15)20-13-18(22)21-17-9-4-3-8-16(17)19/h3-9,12,20H,2,10-11,13H2,1H3,(H,21,22). The Balaban J connectivity index is 1.81. The molecule has 2 aromatic carbocycles. The van der Waals surface area contributed by atoms with Gasteiger partial charge in [-0.15, -0.1) is 0 Å². The molecule has 128 valence electrons. The van der Waals surface area contributed by atoms with Crippen molar-refractivity contribution < 1.29 is 18.7 Å². The van der Waals surface area contributed by atoms with E-state index < -0.39 is 5.82 Å². The van der Waals surface area contributed by atoms with Gasteiger partial charge in [0.2, 0.25) is 5.91 Å². The van der Waals surface area contributed by atoms with Crippen molar-refractivity contribution in [3.8, 4) is 5.75 Å². The maximum Gasteiger partial charge on any atom is 0.243 e. The van der Waals surface area contributed by atoms with Gasteiger partial charge in [-0.2, -0.15) is 0 Å². The summed E-state index contributed by atoms with van der Waals surface area (Å²) in [5, 5.41) is 5.50. The molecule has 1 amide bonds. The molecule has 0 saturated heterocycles. The van der Waals surface area contributed by atoms with Crippen LogP contribution in [0.15, 0.2) is 48.5 Å². The normalized spacial score (nSPS) is 10.2. The average molecular weight is 332 g/mol. The molecule has 0 radical (unpaired) electrons. The van der Waals surface area contributed by atoms with E-state index in [1.807, 2.05) is 25.1 Å². The van der Waals surface area contributed by atoms with Crippen molar-refractivity contribution in [2.75, 3.05) is 37.0 Å². The summed E-state index contributed by atoms with van der Waals surface area (Å²) < 4.78 is 24.2. The highest BCUT2D eigenvalue weighted by atomic mass is 19.1. The SMILES string of the molecule is CCOCCOc1cccc(NCC(=O)Nc2ccccc2F)c1. The van der Waals surface area contributed by atoms with Crippen LogP contribution >= 0.6 is 0 Å². The third kappa shape index (κ3) is 5.89. The number of hydrogen-bond acceptors (Lipinski definition) is 4. The summed E-state index contributed by atoms with van der Waals surface area (Å²) in [7, 11) is 0. The van der Waals surface area contributed by atoms with Gasteiger partial charge in [-0.05, 0) is 31.2 Å². The Morgan fingerprint density at radius 3 is 2.75 bits per heavy atom. The van der Waals surface area contributed by atoms with Crippen molar-refractivity contribution in [3.05, 3.63) is 54.3 Å². The first-order valence-electron chi connectivity index (χ1n) is 7.78. The predicted molar refractivity (Wildman–Crippen MR) is 91.9 cm³/mol. The fourth-order valence-corrected chi connectivity index (χ4v) is 2.00. The number of nitrogens with one attached hydrogen (secondary N) is 2. The molecule has 0 saturated carbocycles. The minimum absolute atomic E-state index is 0.0245. The molecule has 0 fully saturated rings. The quantitative estimate of drug-likeness (QED) is 0.692. The lowest BCUT2D eigenvalue weighted by Crippen LogP contribution is -2.22. The molecule has 0 aromatic heterocycles. The van der Waals surface area contributed by atoms with E-state index in [0.29, 0.717) is 25.6 Å². The highest BCUT2D eigenvalue weighted by molar-refractivity contribution is 5.93. The van der Waals surface area contributed by atoms with Gasteiger partial charge in [0.05, 0.1) is 18.8 Å². The first kappa shape index (κ1) is 17.7. The second-order valence-corrected chi connectivity index (χ2v) is 4.95. The molecule has 0 bridgehead atoms. The summed E-state index contributed by atoms with van der Waals surface area (Å²) in [6.07, 6.45) is 0. The van der Waals surface area contributed by atoms with Gasteiger partial charge < -0.3 is 20.1 Å². The number of carbonyl (C=O) groups is 1. The zero-order valence-corrected chi connectivity index (χ0v) is 13.5. The Kier molecular flexibility index (Phi) is 7.04. The summed E-state index contributed by atoms with van der Waals surface area (Å²) >= 11 is 0. The second-order valence-electron chi connectivity index (χ2n) is 4.95. The zero-order chi connectivity index (χ0) is 17.2. The Morgan fingerprint density at radius 2 is 1.96 bits per heavy atom. The fourth-order valence-electron chi connectivity index (χ4n) is 2.00. The molecule has 0 heterocycles. The third-order valence-corrected chi connectivity index (χ3v) is 3.14. The van der Waals surface area contributed by atoms with E-state index in [4.69, 9.17) is 9.47 Å². The summed E-state index contributed by atoms with van der Waals surface area (Å²) in [5.41, 5.74) is 0.907. The first-order chi connectivity index (χ1) is 11.7. The second kappa shape index (κ2) is 9.52. The molecule has 0 aliphatic rings. The molecule has 2 aromatic rings. The van der Waals surface area contributed by atoms with Gasteiger partial charge in [0, 0.05) is 18.4 Å². The van der Waals surface area contributed by atoms with Crippen LogP contribution in [-0.2, 0) is 9.53 Å². The Hall–Kier alpha value is -2.60. The summed E-state index contributed by atoms with van der Waals surface area (Å²) in [6.45, 7) is 3.60.